The van der Waals surface area contributed by atoms with E-state index in [-0.39, 0.29) is 6.04 Å². The van der Waals surface area contributed by atoms with Crippen LogP contribution in [0.15, 0.2) is 24.0 Å². The second-order valence-corrected chi connectivity index (χ2v) is 1.81. The molecule has 3 N–H and O–H groups in total. The lowest BCUT2D eigenvalue weighted by molar-refractivity contribution is 0.840. The molecule has 1 aliphatic heterocycles. The summed E-state index contributed by atoms with van der Waals surface area (Å²) in [5, 5.41) is 2.93. The van der Waals surface area contributed by atoms with Crippen LogP contribution >= 0.6 is 0 Å². The third-order valence-electron chi connectivity index (χ3n) is 1.09. The van der Waals surface area contributed by atoms with Crippen LogP contribution < -0.4 is 11.1 Å². The highest BCUT2D eigenvalue weighted by Gasteiger charge is 2.00. The molecule has 46 valence electrons. The number of nitrogens with two attached hydrogens (primary N) is 1. The molecule has 0 aliphatic carbocycles. The summed E-state index contributed by atoms with van der Waals surface area (Å²) in [4.78, 5) is 0. The van der Waals surface area contributed by atoms with E-state index in [1.807, 2.05) is 0 Å². The number of rotatable bonds is 0. The summed E-state index contributed by atoms with van der Waals surface area (Å²) in [5.41, 5.74) is 6.16. The van der Waals surface area contributed by atoms with Crippen LogP contribution in [0.4, 0.5) is 0 Å². The number of dihydropyridines is 1. The molecule has 0 aromatic carbocycles. The van der Waals surface area contributed by atoms with Crippen LogP contribution in [-0.4, -0.2) is 6.04 Å². The van der Waals surface area contributed by atoms with Gasteiger partial charge in [0.2, 0.25) is 0 Å². The number of nitrogens with one attached hydrogen (secondary N) is 1. The Labute approximate surface area is 54.4 Å². The van der Waals surface area contributed by atoms with E-state index in [0.717, 1.165) is 5.70 Å². The first-order valence-electron chi connectivity index (χ1n) is 2.69. The van der Waals surface area contributed by atoms with Gasteiger partial charge in [-0.3, -0.25) is 0 Å². The zero-order valence-electron chi connectivity index (χ0n) is 4.96. The van der Waals surface area contributed by atoms with Crippen LogP contribution in [0.1, 0.15) is 0 Å². The lowest BCUT2D eigenvalue weighted by Gasteiger charge is -2.10. The Morgan fingerprint density at radius 2 is 2.56 bits per heavy atom. The van der Waals surface area contributed by atoms with Crippen molar-refractivity contribution >= 4 is 0 Å². The Balaban J connectivity index is 2.69. The van der Waals surface area contributed by atoms with Gasteiger partial charge in [0.15, 0.2) is 0 Å². The van der Waals surface area contributed by atoms with Crippen LogP contribution in [0.3, 0.4) is 0 Å². The molecule has 9 heavy (non-hydrogen) atoms. The maximum atomic E-state index is 5.44. The Morgan fingerprint density at radius 3 is 3.00 bits per heavy atom. The van der Waals surface area contributed by atoms with Gasteiger partial charge in [-0.1, -0.05) is 5.92 Å². The Hall–Kier alpha value is -1.36. The van der Waals surface area contributed by atoms with Crippen molar-refractivity contribution in [1.29, 1.82) is 0 Å². The van der Waals surface area contributed by atoms with Gasteiger partial charge in [0.25, 0.3) is 0 Å². The normalized spacial score (nSPS) is 23.9. The molecule has 0 amide bonds. The van der Waals surface area contributed by atoms with E-state index >= 15 is 0 Å². The first-order valence-corrected chi connectivity index (χ1v) is 2.69. The highest BCUT2D eigenvalue weighted by atomic mass is 14.9. The van der Waals surface area contributed by atoms with Gasteiger partial charge in [-0.05, 0) is 18.4 Å². The molecule has 0 bridgehead atoms. The Morgan fingerprint density at radius 1 is 1.78 bits per heavy atom. The van der Waals surface area contributed by atoms with Crippen LogP contribution in [0, 0.1) is 12.3 Å². The zero-order valence-corrected chi connectivity index (χ0v) is 4.96. The van der Waals surface area contributed by atoms with Crippen molar-refractivity contribution in [3.05, 3.63) is 24.0 Å². The first kappa shape index (κ1) is 5.77. The van der Waals surface area contributed by atoms with E-state index in [2.05, 4.69) is 11.2 Å². The van der Waals surface area contributed by atoms with Crippen LogP contribution in [0.5, 0.6) is 0 Å². The molecule has 2 heteroatoms. The standard InChI is InChI=1S/C7H8N2/c1-2-7-5-6(8)3-4-9-7/h1,3-5,7,9H,8H2. The van der Waals surface area contributed by atoms with Crippen molar-refractivity contribution in [3.8, 4) is 12.3 Å². The second-order valence-electron chi connectivity index (χ2n) is 1.81. The van der Waals surface area contributed by atoms with Crippen molar-refractivity contribution in [1.82, 2.24) is 5.32 Å². The van der Waals surface area contributed by atoms with Crippen LogP contribution in [0.25, 0.3) is 0 Å². The highest BCUT2D eigenvalue weighted by molar-refractivity contribution is 5.27. The SMILES string of the molecule is C#CC1C=C(N)C=CN1. The summed E-state index contributed by atoms with van der Waals surface area (Å²) in [5.74, 6) is 2.52. The van der Waals surface area contributed by atoms with E-state index in [9.17, 15) is 0 Å². The minimum atomic E-state index is -0.0324. The fraction of sp³-hybridized carbons (Fsp3) is 0.143. The van der Waals surface area contributed by atoms with Gasteiger partial charge in [0.05, 0.1) is 0 Å². The number of hydrogen-bond acceptors (Lipinski definition) is 2. The van der Waals surface area contributed by atoms with Crippen molar-refractivity contribution in [2.45, 2.75) is 6.04 Å². The molecule has 2 nitrogen and oxygen atoms in total. The maximum Gasteiger partial charge on any atom is 0.108 e. The van der Waals surface area contributed by atoms with Gasteiger partial charge >= 0.3 is 0 Å². The maximum absolute atomic E-state index is 5.44. The molecule has 1 heterocycles. The van der Waals surface area contributed by atoms with Gasteiger partial charge in [-0.15, -0.1) is 6.42 Å². The Bertz CT molecular complexity index is 195. The molecule has 0 saturated heterocycles. The highest BCUT2D eigenvalue weighted by Crippen LogP contribution is 1.96. The third kappa shape index (κ3) is 1.26. The summed E-state index contributed by atoms with van der Waals surface area (Å²) < 4.78 is 0. The largest absolute Gasteiger partial charge is 0.399 e. The van der Waals surface area contributed by atoms with E-state index in [1.165, 1.54) is 0 Å². The van der Waals surface area contributed by atoms with Crippen molar-refractivity contribution < 1.29 is 0 Å². The summed E-state index contributed by atoms with van der Waals surface area (Å²) >= 11 is 0. The van der Waals surface area contributed by atoms with Crippen LogP contribution in [-0.2, 0) is 0 Å². The summed E-state index contributed by atoms with van der Waals surface area (Å²) in [6.45, 7) is 0. The van der Waals surface area contributed by atoms with E-state index < -0.39 is 0 Å². The molecule has 1 atom stereocenters. The van der Waals surface area contributed by atoms with Crippen molar-refractivity contribution in [2.75, 3.05) is 0 Å². The van der Waals surface area contributed by atoms with Crippen molar-refractivity contribution in [3.63, 3.8) is 0 Å². The third-order valence-corrected chi connectivity index (χ3v) is 1.09. The molecule has 1 unspecified atom stereocenters. The van der Waals surface area contributed by atoms with Gasteiger partial charge in [-0.25, -0.2) is 0 Å². The predicted molar refractivity (Wildman–Crippen MR) is 37.2 cm³/mol. The molecule has 1 rings (SSSR count). The molecule has 0 aromatic heterocycles. The molecule has 1 aliphatic rings. The molecule has 0 saturated carbocycles. The van der Waals surface area contributed by atoms with Gasteiger partial charge in [0, 0.05) is 5.70 Å². The van der Waals surface area contributed by atoms with E-state index in [4.69, 9.17) is 12.2 Å². The lowest BCUT2D eigenvalue weighted by Crippen LogP contribution is -2.24. The van der Waals surface area contributed by atoms with E-state index in [1.54, 1.807) is 18.4 Å². The number of terminal acetylenes is 1. The van der Waals surface area contributed by atoms with Gasteiger partial charge < -0.3 is 11.1 Å². The molecule has 0 aromatic rings. The summed E-state index contributed by atoms with van der Waals surface area (Å²) in [7, 11) is 0. The fourth-order valence-corrected chi connectivity index (χ4v) is 0.640. The first-order chi connectivity index (χ1) is 4.33. The minimum Gasteiger partial charge on any atom is -0.399 e. The van der Waals surface area contributed by atoms with E-state index in [0.29, 0.717) is 0 Å². The number of allylic oxidation sites excluding steroid dienone is 1. The average molecular weight is 120 g/mol. The average Bonchev–Trinajstić information content (AvgIpc) is 1.88. The number of hydrogen-bond donors (Lipinski definition) is 2. The van der Waals surface area contributed by atoms with Crippen LogP contribution in [0.2, 0.25) is 0 Å². The molecule has 0 spiro atoms. The molecular formula is C7H8N2. The monoisotopic (exact) mass is 120 g/mol. The molecular weight excluding hydrogens is 112 g/mol. The lowest BCUT2D eigenvalue weighted by atomic mass is 10.2. The smallest absolute Gasteiger partial charge is 0.108 e. The summed E-state index contributed by atoms with van der Waals surface area (Å²) in [6, 6.07) is -0.0324. The van der Waals surface area contributed by atoms with Gasteiger partial charge in [-0.2, -0.15) is 0 Å². The minimum absolute atomic E-state index is 0.0324. The fourth-order valence-electron chi connectivity index (χ4n) is 0.640. The quantitative estimate of drug-likeness (QED) is 0.440. The Kier molecular flexibility index (Phi) is 1.46. The molecule has 0 fully saturated rings. The topological polar surface area (TPSA) is 38.0 Å². The molecule has 0 radical (unpaired) electrons. The summed E-state index contributed by atoms with van der Waals surface area (Å²) in [6.07, 6.45) is 10.4. The van der Waals surface area contributed by atoms with Crippen molar-refractivity contribution in [2.24, 2.45) is 5.73 Å². The second kappa shape index (κ2) is 2.27. The zero-order chi connectivity index (χ0) is 6.69. The van der Waals surface area contributed by atoms with Gasteiger partial charge in [0.1, 0.15) is 6.04 Å². The predicted octanol–water partition coefficient (Wildman–Crippen LogP) is -0.0523.